The van der Waals surface area contributed by atoms with E-state index in [2.05, 4.69) is 25.3 Å². The molecule has 1 aromatic rings. The number of nitrogen functional groups attached to an aromatic ring is 1. The Morgan fingerprint density at radius 2 is 2.20 bits per heavy atom. The van der Waals surface area contributed by atoms with Crippen LogP contribution >= 0.6 is 0 Å². The Labute approximate surface area is 118 Å². The SMILES string of the molecule is CC(C)Oc1nc(NN)nc(N2CCCOC(C)C2)n1. The van der Waals surface area contributed by atoms with Gasteiger partial charge in [0.15, 0.2) is 0 Å². The van der Waals surface area contributed by atoms with Crippen LogP contribution in [-0.2, 0) is 4.74 Å². The van der Waals surface area contributed by atoms with Gasteiger partial charge in [-0.15, -0.1) is 0 Å². The van der Waals surface area contributed by atoms with E-state index in [0.717, 1.165) is 26.1 Å². The number of rotatable bonds is 4. The Bertz CT molecular complexity index is 442. The molecule has 20 heavy (non-hydrogen) atoms. The lowest BCUT2D eigenvalue weighted by atomic mass is 10.3. The second-order valence-electron chi connectivity index (χ2n) is 5.03. The molecule has 0 bridgehead atoms. The molecule has 8 heteroatoms. The number of nitrogens with one attached hydrogen (secondary N) is 1. The van der Waals surface area contributed by atoms with Gasteiger partial charge >= 0.3 is 6.01 Å². The first-order valence-electron chi connectivity index (χ1n) is 6.84. The number of nitrogens with two attached hydrogens (primary N) is 1. The topological polar surface area (TPSA) is 98.4 Å². The molecule has 2 heterocycles. The number of nitrogens with zero attached hydrogens (tertiary/aromatic N) is 4. The number of anilines is 2. The van der Waals surface area contributed by atoms with Crippen LogP contribution in [-0.4, -0.2) is 46.9 Å². The molecule has 1 fully saturated rings. The van der Waals surface area contributed by atoms with Gasteiger partial charge in [-0.1, -0.05) is 0 Å². The number of ether oxygens (including phenoxy) is 2. The lowest BCUT2D eigenvalue weighted by molar-refractivity contribution is 0.0820. The summed E-state index contributed by atoms with van der Waals surface area (Å²) in [4.78, 5) is 14.8. The van der Waals surface area contributed by atoms with Gasteiger partial charge in [-0.2, -0.15) is 15.0 Å². The molecule has 0 aromatic carbocycles. The van der Waals surface area contributed by atoms with Crippen LogP contribution < -0.4 is 20.9 Å². The molecule has 0 aliphatic carbocycles. The average Bonchev–Trinajstić information content (AvgIpc) is 2.62. The van der Waals surface area contributed by atoms with Gasteiger partial charge in [-0.3, -0.25) is 5.43 Å². The van der Waals surface area contributed by atoms with Crippen LogP contribution in [0.25, 0.3) is 0 Å². The summed E-state index contributed by atoms with van der Waals surface area (Å²) in [5.41, 5.74) is 2.45. The molecule has 1 aromatic heterocycles. The van der Waals surface area contributed by atoms with Gasteiger partial charge in [0.1, 0.15) is 0 Å². The van der Waals surface area contributed by atoms with E-state index < -0.39 is 0 Å². The van der Waals surface area contributed by atoms with Crippen molar-refractivity contribution in [3.05, 3.63) is 0 Å². The molecule has 0 radical (unpaired) electrons. The molecule has 2 rings (SSSR count). The van der Waals surface area contributed by atoms with E-state index in [1.54, 1.807) is 0 Å². The van der Waals surface area contributed by atoms with Crippen molar-refractivity contribution in [2.75, 3.05) is 30.0 Å². The van der Waals surface area contributed by atoms with Crippen LogP contribution in [0.2, 0.25) is 0 Å². The molecule has 1 saturated heterocycles. The normalized spacial score (nSPS) is 19.9. The standard InChI is InChI=1S/C12H22N6O2/c1-8(2)20-12-15-10(17-13)14-11(16-12)18-5-4-6-19-9(3)7-18/h8-9H,4-7,13H2,1-3H3,(H,14,15,16,17). The van der Waals surface area contributed by atoms with Crippen molar-refractivity contribution in [2.45, 2.75) is 39.4 Å². The number of hydrazine groups is 1. The third-order valence-electron chi connectivity index (χ3n) is 2.81. The molecular formula is C12H22N6O2. The molecule has 0 saturated carbocycles. The summed E-state index contributed by atoms with van der Waals surface area (Å²) < 4.78 is 11.2. The maximum atomic E-state index is 5.62. The van der Waals surface area contributed by atoms with E-state index in [-0.39, 0.29) is 18.2 Å². The van der Waals surface area contributed by atoms with Crippen molar-refractivity contribution in [1.82, 2.24) is 15.0 Å². The van der Waals surface area contributed by atoms with Crippen molar-refractivity contribution >= 4 is 11.9 Å². The van der Waals surface area contributed by atoms with Crippen LogP contribution in [0.4, 0.5) is 11.9 Å². The van der Waals surface area contributed by atoms with E-state index in [0.29, 0.717) is 11.9 Å². The average molecular weight is 282 g/mol. The van der Waals surface area contributed by atoms with E-state index >= 15 is 0 Å². The summed E-state index contributed by atoms with van der Waals surface area (Å²) in [6, 6.07) is 0.274. The Morgan fingerprint density at radius 3 is 2.90 bits per heavy atom. The molecule has 8 nitrogen and oxygen atoms in total. The number of hydrogen-bond donors (Lipinski definition) is 2. The zero-order valence-electron chi connectivity index (χ0n) is 12.2. The maximum Gasteiger partial charge on any atom is 0.323 e. The van der Waals surface area contributed by atoms with Gasteiger partial charge in [-0.25, -0.2) is 5.84 Å². The van der Waals surface area contributed by atoms with Crippen molar-refractivity contribution in [2.24, 2.45) is 5.84 Å². The molecule has 1 atom stereocenters. The van der Waals surface area contributed by atoms with Crippen molar-refractivity contribution in [3.8, 4) is 6.01 Å². The first-order chi connectivity index (χ1) is 9.58. The van der Waals surface area contributed by atoms with Crippen LogP contribution in [0, 0.1) is 0 Å². The zero-order valence-corrected chi connectivity index (χ0v) is 12.2. The molecule has 0 spiro atoms. The summed E-state index contributed by atoms with van der Waals surface area (Å²) in [5.74, 6) is 6.26. The quantitative estimate of drug-likeness (QED) is 0.610. The van der Waals surface area contributed by atoms with E-state index in [4.69, 9.17) is 15.3 Å². The van der Waals surface area contributed by atoms with Crippen LogP contribution in [0.1, 0.15) is 27.2 Å². The zero-order chi connectivity index (χ0) is 14.5. The molecule has 1 aliphatic heterocycles. The predicted molar refractivity (Wildman–Crippen MR) is 75.6 cm³/mol. The van der Waals surface area contributed by atoms with Gasteiger partial charge in [0.25, 0.3) is 0 Å². The third-order valence-corrected chi connectivity index (χ3v) is 2.81. The summed E-state index contributed by atoms with van der Waals surface area (Å²) in [5, 5.41) is 0. The van der Waals surface area contributed by atoms with Gasteiger partial charge in [0.2, 0.25) is 11.9 Å². The van der Waals surface area contributed by atoms with Gasteiger partial charge in [0, 0.05) is 19.7 Å². The van der Waals surface area contributed by atoms with Gasteiger partial charge in [-0.05, 0) is 27.2 Å². The van der Waals surface area contributed by atoms with Crippen molar-refractivity contribution in [1.29, 1.82) is 0 Å². The van der Waals surface area contributed by atoms with Crippen LogP contribution in [0.3, 0.4) is 0 Å². The minimum absolute atomic E-state index is 0.0118. The monoisotopic (exact) mass is 282 g/mol. The fraction of sp³-hybridized carbons (Fsp3) is 0.750. The van der Waals surface area contributed by atoms with Crippen LogP contribution in [0.15, 0.2) is 0 Å². The van der Waals surface area contributed by atoms with Crippen LogP contribution in [0.5, 0.6) is 6.01 Å². The second-order valence-corrected chi connectivity index (χ2v) is 5.03. The van der Waals surface area contributed by atoms with E-state index in [1.165, 1.54) is 0 Å². The summed E-state index contributed by atoms with van der Waals surface area (Å²) in [7, 11) is 0. The summed E-state index contributed by atoms with van der Waals surface area (Å²) in [6.45, 7) is 8.18. The largest absolute Gasteiger partial charge is 0.461 e. The molecule has 0 amide bonds. The minimum atomic E-state index is -0.0118. The Morgan fingerprint density at radius 1 is 1.40 bits per heavy atom. The highest BCUT2D eigenvalue weighted by molar-refractivity contribution is 5.38. The number of hydrogen-bond acceptors (Lipinski definition) is 8. The Balaban J connectivity index is 2.24. The molecule has 112 valence electrons. The van der Waals surface area contributed by atoms with Crippen molar-refractivity contribution < 1.29 is 9.47 Å². The first kappa shape index (κ1) is 14.7. The van der Waals surface area contributed by atoms with Crippen molar-refractivity contribution in [3.63, 3.8) is 0 Å². The second kappa shape index (κ2) is 6.67. The Kier molecular flexibility index (Phi) is 4.91. The minimum Gasteiger partial charge on any atom is -0.461 e. The van der Waals surface area contributed by atoms with E-state index in [1.807, 2.05) is 20.8 Å². The molecular weight excluding hydrogens is 260 g/mol. The number of aromatic nitrogens is 3. The fourth-order valence-corrected chi connectivity index (χ4v) is 1.99. The third kappa shape index (κ3) is 3.91. The molecule has 1 unspecified atom stereocenters. The smallest absolute Gasteiger partial charge is 0.323 e. The van der Waals surface area contributed by atoms with Gasteiger partial charge < -0.3 is 14.4 Å². The van der Waals surface area contributed by atoms with E-state index in [9.17, 15) is 0 Å². The molecule has 1 aliphatic rings. The highest BCUT2D eigenvalue weighted by atomic mass is 16.5. The lowest BCUT2D eigenvalue weighted by Crippen LogP contribution is -2.32. The highest BCUT2D eigenvalue weighted by Gasteiger charge is 2.19. The summed E-state index contributed by atoms with van der Waals surface area (Å²) >= 11 is 0. The maximum absolute atomic E-state index is 5.62. The lowest BCUT2D eigenvalue weighted by Gasteiger charge is -2.22. The highest BCUT2D eigenvalue weighted by Crippen LogP contribution is 2.18. The summed E-state index contributed by atoms with van der Waals surface area (Å²) in [6.07, 6.45) is 1.06. The Hall–Kier alpha value is -1.67. The molecule has 3 N–H and O–H groups in total. The van der Waals surface area contributed by atoms with Gasteiger partial charge in [0.05, 0.1) is 12.2 Å². The first-order valence-corrected chi connectivity index (χ1v) is 6.84. The fourth-order valence-electron chi connectivity index (χ4n) is 1.99. The predicted octanol–water partition coefficient (Wildman–Crippen LogP) is 0.560.